The SMILES string of the molecule is C=c1nc(C)n(C(C)C)/c1=C/C(=C\C)c1cc(Nc2ncc(CN3C4CCC3CC(N3CCOCC3)C4)cn2)ncc1F. The first-order valence-corrected chi connectivity index (χ1v) is 15.5. The van der Waals surface area contributed by atoms with Crippen molar-refractivity contribution in [1.82, 2.24) is 34.3 Å². The molecule has 6 rings (SSSR count). The van der Waals surface area contributed by atoms with E-state index in [0.29, 0.717) is 40.8 Å². The van der Waals surface area contributed by atoms with Gasteiger partial charge in [0.05, 0.1) is 30.1 Å². The Morgan fingerprint density at radius 3 is 2.44 bits per heavy atom. The lowest BCUT2D eigenvalue weighted by Gasteiger charge is -2.44. The lowest BCUT2D eigenvalue weighted by molar-refractivity contribution is -0.0140. The number of rotatable bonds is 8. The average Bonchev–Trinajstić information content (AvgIpc) is 3.40. The third kappa shape index (κ3) is 6.27. The van der Waals surface area contributed by atoms with Crippen LogP contribution in [-0.2, 0) is 11.3 Å². The molecule has 3 aromatic rings. The zero-order valence-electron chi connectivity index (χ0n) is 25.8. The van der Waals surface area contributed by atoms with Crippen LogP contribution in [0.5, 0.6) is 0 Å². The maximum atomic E-state index is 15.1. The molecule has 2 unspecified atom stereocenters. The van der Waals surface area contributed by atoms with Gasteiger partial charge in [0, 0.05) is 67.3 Å². The maximum absolute atomic E-state index is 15.1. The molecular formula is C33H43FN8O. The Kier molecular flexibility index (Phi) is 8.70. The average molecular weight is 587 g/mol. The normalized spacial score (nSPS) is 23.8. The standard InChI is InChI=1S/C33H43FN8O/c1-6-25(13-31-22(4)38-23(5)42(31)21(2)3)29-16-32(35-19-30(29)34)39-33-36-17-24(18-37-33)20-41-26-7-8-27(41)15-28(14-26)40-9-11-43-12-10-40/h6,13,16-19,21,26-28H,4,7-12,14-15,20H2,1-3,5H3,(H,35,36,37,39)/b25-6+,31-13+. The highest BCUT2D eigenvalue weighted by atomic mass is 19.1. The lowest BCUT2D eigenvalue weighted by atomic mass is 9.95. The highest BCUT2D eigenvalue weighted by molar-refractivity contribution is 5.88. The van der Waals surface area contributed by atoms with Crippen LogP contribution in [-0.4, -0.2) is 78.7 Å². The minimum atomic E-state index is -0.406. The van der Waals surface area contributed by atoms with Crippen molar-refractivity contribution in [3.05, 3.63) is 64.2 Å². The molecule has 43 heavy (non-hydrogen) atoms. The molecule has 3 aliphatic rings. The van der Waals surface area contributed by atoms with Crippen molar-refractivity contribution in [3.63, 3.8) is 0 Å². The number of fused-ring (bicyclic) bond motifs is 2. The molecule has 3 fully saturated rings. The summed E-state index contributed by atoms with van der Waals surface area (Å²) < 4.78 is 22.7. The Hall–Kier alpha value is -3.47. The van der Waals surface area contributed by atoms with E-state index in [0.717, 1.165) is 55.2 Å². The Morgan fingerprint density at radius 1 is 1.09 bits per heavy atom. The molecule has 3 aliphatic heterocycles. The van der Waals surface area contributed by atoms with Crippen LogP contribution in [0.15, 0.2) is 30.7 Å². The molecule has 228 valence electrons. The minimum Gasteiger partial charge on any atom is -0.379 e. The molecule has 9 nitrogen and oxygen atoms in total. The summed E-state index contributed by atoms with van der Waals surface area (Å²) in [5, 5.41) is 4.69. The van der Waals surface area contributed by atoms with E-state index in [4.69, 9.17) is 4.74 Å². The minimum absolute atomic E-state index is 0.198. The van der Waals surface area contributed by atoms with Crippen LogP contribution in [0.2, 0.25) is 0 Å². The van der Waals surface area contributed by atoms with Crippen LogP contribution >= 0.6 is 0 Å². The van der Waals surface area contributed by atoms with E-state index in [1.54, 1.807) is 6.07 Å². The molecule has 10 heteroatoms. The third-order valence-electron chi connectivity index (χ3n) is 9.22. The van der Waals surface area contributed by atoms with Gasteiger partial charge in [-0.25, -0.2) is 24.3 Å². The smallest absolute Gasteiger partial charge is 0.228 e. The number of nitrogens with one attached hydrogen (secondary N) is 1. The predicted octanol–water partition coefficient (Wildman–Crippen LogP) is 3.96. The van der Waals surface area contributed by atoms with Gasteiger partial charge in [0.25, 0.3) is 0 Å². The molecule has 0 amide bonds. The van der Waals surface area contributed by atoms with E-state index in [9.17, 15) is 0 Å². The number of morpholine rings is 1. The number of aromatic nitrogens is 5. The van der Waals surface area contributed by atoms with Gasteiger partial charge in [-0.1, -0.05) is 12.7 Å². The van der Waals surface area contributed by atoms with Crippen LogP contribution in [0.1, 0.15) is 69.4 Å². The van der Waals surface area contributed by atoms with Crippen molar-refractivity contribution < 1.29 is 9.13 Å². The zero-order chi connectivity index (χ0) is 30.1. The van der Waals surface area contributed by atoms with E-state index < -0.39 is 5.82 Å². The summed E-state index contributed by atoms with van der Waals surface area (Å²) in [6.45, 7) is 16.9. The number of ether oxygens (including phenoxy) is 1. The van der Waals surface area contributed by atoms with Gasteiger partial charge in [0.1, 0.15) is 17.5 Å². The molecule has 1 N–H and O–H groups in total. The van der Waals surface area contributed by atoms with Crippen LogP contribution in [0.4, 0.5) is 16.2 Å². The summed E-state index contributed by atoms with van der Waals surface area (Å²) in [4.78, 5) is 23.3. The van der Waals surface area contributed by atoms with E-state index in [1.807, 2.05) is 38.4 Å². The number of halogens is 1. The van der Waals surface area contributed by atoms with Crippen molar-refractivity contribution in [1.29, 1.82) is 0 Å². The molecule has 0 aliphatic carbocycles. The molecular weight excluding hydrogens is 543 g/mol. The molecule has 0 aromatic carbocycles. The molecule has 0 spiro atoms. The Morgan fingerprint density at radius 2 is 1.79 bits per heavy atom. The van der Waals surface area contributed by atoms with Crippen LogP contribution < -0.4 is 16.0 Å². The van der Waals surface area contributed by atoms with Gasteiger partial charge in [0.15, 0.2) is 0 Å². The van der Waals surface area contributed by atoms with Gasteiger partial charge >= 0.3 is 0 Å². The fourth-order valence-electron chi connectivity index (χ4n) is 7.19. The van der Waals surface area contributed by atoms with Crippen LogP contribution in [0, 0.1) is 12.7 Å². The lowest BCUT2D eigenvalue weighted by Crippen LogP contribution is -2.52. The summed E-state index contributed by atoms with van der Waals surface area (Å²) in [5.41, 5.74) is 2.26. The first kappa shape index (κ1) is 29.6. The Bertz CT molecular complexity index is 1560. The van der Waals surface area contributed by atoms with E-state index in [1.165, 1.54) is 31.9 Å². The van der Waals surface area contributed by atoms with Gasteiger partial charge in [-0.3, -0.25) is 9.80 Å². The number of hydrogen-bond acceptors (Lipinski definition) is 8. The Balaban J connectivity index is 1.14. The van der Waals surface area contributed by atoms with Crippen LogP contribution in [0.25, 0.3) is 18.2 Å². The number of piperidine rings is 1. The monoisotopic (exact) mass is 586 g/mol. The fourth-order valence-corrected chi connectivity index (χ4v) is 7.19. The van der Waals surface area contributed by atoms with Gasteiger partial charge in [-0.2, -0.15) is 0 Å². The summed E-state index contributed by atoms with van der Waals surface area (Å²) >= 11 is 0. The molecule has 2 bridgehead atoms. The van der Waals surface area contributed by atoms with E-state index in [2.05, 4.69) is 60.0 Å². The first-order valence-electron chi connectivity index (χ1n) is 15.5. The number of pyridine rings is 1. The van der Waals surface area contributed by atoms with Gasteiger partial charge < -0.3 is 14.6 Å². The third-order valence-corrected chi connectivity index (χ3v) is 9.22. The van der Waals surface area contributed by atoms with Crippen LogP contribution in [0.3, 0.4) is 0 Å². The van der Waals surface area contributed by atoms with Gasteiger partial charge in [-0.05, 0) is 71.1 Å². The first-order chi connectivity index (χ1) is 20.8. The maximum Gasteiger partial charge on any atom is 0.228 e. The quantitative estimate of drug-likeness (QED) is 0.425. The van der Waals surface area contributed by atoms with Crippen molar-refractivity contribution in [2.75, 3.05) is 31.6 Å². The van der Waals surface area contributed by atoms with Gasteiger partial charge in [-0.15, -0.1) is 0 Å². The second kappa shape index (κ2) is 12.6. The van der Waals surface area contributed by atoms with E-state index >= 15 is 4.39 Å². The molecule has 3 saturated heterocycles. The predicted molar refractivity (Wildman–Crippen MR) is 168 cm³/mol. The number of nitrogens with zero attached hydrogens (tertiary/aromatic N) is 7. The topological polar surface area (TPSA) is 84.2 Å². The summed E-state index contributed by atoms with van der Waals surface area (Å²) in [6, 6.07) is 3.80. The zero-order valence-corrected chi connectivity index (χ0v) is 25.8. The second-order valence-corrected chi connectivity index (χ2v) is 12.3. The van der Waals surface area contributed by atoms with Crippen molar-refractivity contribution >= 4 is 30.0 Å². The number of anilines is 2. The Labute approximate surface area is 253 Å². The number of allylic oxidation sites excluding steroid dienone is 2. The highest BCUT2D eigenvalue weighted by Gasteiger charge is 2.42. The number of hydrogen-bond donors (Lipinski definition) is 1. The molecule has 0 radical (unpaired) electrons. The second-order valence-electron chi connectivity index (χ2n) is 12.3. The number of aryl methyl sites for hydroxylation is 1. The van der Waals surface area contributed by atoms with E-state index in [-0.39, 0.29) is 6.04 Å². The molecule has 0 saturated carbocycles. The van der Waals surface area contributed by atoms with Crippen molar-refractivity contribution in [2.45, 2.75) is 84.1 Å². The summed E-state index contributed by atoms with van der Waals surface area (Å²) in [7, 11) is 0. The molecule has 3 aromatic heterocycles. The van der Waals surface area contributed by atoms with Crippen molar-refractivity contribution in [3.8, 4) is 0 Å². The number of imidazole rings is 1. The highest BCUT2D eigenvalue weighted by Crippen LogP contribution is 2.38. The summed E-state index contributed by atoms with van der Waals surface area (Å²) in [5.74, 6) is 1.38. The summed E-state index contributed by atoms with van der Waals surface area (Å²) in [6.07, 6.45) is 13.8. The molecule has 6 heterocycles. The largest absolute Gasteiger partial charge is 0.379 e. The molecule has 2 atom stereocenters. The fraction of sp³-hybridized carbons (Fsp3) is 0.515. The van der Waals surface area contributed by atoms with Gasteiger partial charge in [0.2, 0.25) is 5.95 Å². The van der Waals surface area contributed by atoms with Crippen molar-refractivity contribution in [2.24, 2.45) is 0 Å².